The van der Waals surface area contributed by atoms with Crippen LogP contribution in [0.15, 0.2) is 24.4 Å². The molecule has 5 nitrogen and oxygen atoms in total. The van der Waals surface area contributed by atoms with Crippen molar-refractivity contribution in [2.75, 3.05) is 5.73 Å². The molecular weight excluding hydrogens is 218 g/mol. The number of hydrogen-bond acceptors (Lipinski definition) is 4. The Morgan fingerprint density at radius 2 is 2.24 bits per heavy atom. The van der Waals surface area contributed by atoms with E-state index >= 15 is 0 Å². The number of carboxylic acid groups (broad SMARTS) is 1. The number of aryl methyl sites for hydroxylation is 1. The van der Waals surface area contributed by atoms with Gasteiger partial charge in [-0.2, -0.15) is 0 Å². The van der Waals surface area contributed by atoms with E-state index in [0.717, 1.165) is 17.2 Å². The summed E-state index contributed by atoms with van der Waals surface area (Å²) in [5.41, 5.74) is 7.88. The molecule has 2 aromatic rings. The number of hydrogen-bond donors (Lipinski definition) is 2. The second-order valence-corrected chi connectivity index (χ2v) is 3.65. The standard InChI is InChI=1S/C12H11N3O2/c1-7-4-9-5-8(2-3-11(16)17)12(13)15-10(9)6-14-7/h2-6H,1H3,(H2,13,15)(H,16,17). The molecule has 0 aliphatic heterocycles. The van der Waals surface area contributed by atoms with Crippen molar-refractivity contribution in [3.8, 4) is 0 Å². The van der Waals surface area contributed by atoms with Crippen LogP contribution in [0.25, 0.3) is 17.0 Å². The number of aromatic nitrogens is 2. The first kappa shape index (κ1) is 11.1. The summed E-state index contributed by atoms with van der Waals surface area (Å²) in [5, 5.41) is 9.45. The zero-order valence-corrected chi connectivity index (χ0v) is 9.21. The highest BCUT2D eigenvalue weighted by atomic mass is 16.4. The van der Waals surface area contributed by atoms with Crippen LogP contribution in [0, 0.1) is 6.92 Å². The summed E-state index contributed by atoms with van der Waals surface area (Å²) in [5.74, 6) is -0.726. The molecule has 0 aromatic carbocycles. The number of nitrogens with zero attached hydrogens (tertiary/aromatic N) is 2. The third-order valence-electron chi connectivity index (χ3n) is 2.30. The lowest BCUT2D eigenvalue weighted by atomic mass is 10.1. The predicted octanol–water partition coefficient (Wildman–Crippen LogP) is 1.62. The number of carbonyl (C=O) groups is 1. The maximum Gasteiger partial charge on any atom is 0.328 e. The van der Waals surface area contributed by atoms with Crippen molar-refractivity contribution in [2.24, 2.45) is 0 Å². The third kappa shape index (κ3) is 2.39. The first-order valence-electron chi connectivity index (χ1n) is 5.00. The highest BCUT2D eigenvalue weighted by Gasteiger charge is 2.02. The summed E-state index contributed by atoms with van der Waals surface area (Å²) in [4.78, 5) is 18.7. The van der Waals surface area contributed by atoms with E-state index in [1.807, 2.05) is 13.0 Å². The van der Waals surface area contributed by atoms with E-state index in [-0.39, 0.29) is 0 Å². The Morgan fingerprint density at radius 1 is 1.47 bits per heavy atom. The minimum absolute atomic E-state index is 0.292. The smallest absolute Gasteiger partial charge is 0.328 e. The Bertz CT molecular complexity index is 620. The van der Waals surface area contributed by atoms with Gasteiger partial charge in [-0.25, -0.2) is 9.78 Å². The highest BCUT2D eigenvalue weighted by molar-refractivity contribution is 5.89. The topological polar surface area (TPSA) is 89.1 Å². The molecule has 2 aromatic heterocycles. The lowest BCUT2D eigenvalue weighted by Crippen LogP contribution is -1.96. The molecule has 0 spiro atoms. The Kier molecular flexibility index (Phi) is 2.74. The van der Waals surface area contributed by atoms with Gasteiger partial charge in [0.05, 0.1) is 11.7 Å². The van der Waals surface area contributed by atoms with Crippen LogP contribution >= 0.6 is 0 Å². The van der Waals surface area contributed by atoms with Crippen LogP contribution in [0.4, 0.5) is 5.82 Å². The van der Waals surface area contributed by atoms with Crippen LogP contribution in [0.2, 0.25) is 0 Å². The van der Waals surface area contributed by atoms with Crippen molar-refractivity contribution in [2.45, 2.75) is 6.92 Å². The molecule has 5 heteroatoms. The second-order valence-electron chi connectivity index (χ2n) is 3.65. The van der Waals surface area contributed by atoms with Crippen LogP contribution < -0.4 is 5.73 Å². The molecule has 0 unspecified atom stereocenters. The number of fused-ring (bicyclic) bond motifs is 1. The fourth-order valence-electron chi connectivity index (χ4n) is 1.51. The second kappa shape index (κ2) is 4.21. The van der Waals surface area contributed by atoms with E-state index in [1.54, 1.807) is 12.3 Å². The molecule has 0 atom stereocenters. The Hall–Kier alpha value is -2.43. The molecular formula is C12H11N3O2. The van der Waals surface area contributed by atoms with Gasteiger partial charge in [0.1, 0.15) is 5.82 Å². The maximum atomic E-state index is 10.4. The number of nitrogen functional groups attached to an aromatic ring is 1. The van der Waals surface area contributed by atoms with E-state index in [0.29, 0.717) is 16.9 Å². The van der Waals surface area contributed by atoms with Crippen LogP contribution in [0.1, 0.15) is 11.3 Å². The van der Waals surface area contributed by atoms with Gasteiger partial charge in [-0.3, -0.25) is 4.98 Å². The SMILES string of the molecule is Cc1cc2cc(C=CC(=O)O)c(N)nc2cn1. The largest absolute Gasteiger partial charge is 0.478 e. The average molecular weight is 229 g/mol. The van der Waals surface area contributed by atoms with Gasteiger partial charge in [0.25, 0.3) is 0 Å². The normalized spacial score (nSPS) is 11.1. The molecule has 0 radical (unpaired) electrons. The van der Waals surface area contributed by atoms with Gasteiger partial charge >= 0.3 is 5.97 Å². The van der Waals surface area contributed by atoms with Gasteiger partial charge in [0.2, 0.25) is 0 Å². The highest BCUT2D eigenvalue weighted by Crippen LogP contribution is 2.19. The summed E-state index contributed by atoms with van der Waals surface area (Å²) in [6.45, 7) is 1.88. The molecule has 0 saturated carbocycles. The van der Waals surface area contributed by atoms with E-state index in [9.17, 15) is 4.79 Å². The van der Waals surface area contributed by atoms with Crippen molar-refractivity contribution < 1.29 is 9.90 Å². The number of nitrogens with two attached hydrogens (primary N) is 1. The van der Waals surface area contributed by atoms with Gasteiger partial charge in [0.15, 0.2) is 0 Å². The summed E-state index contributed by atoms with van der Waals surface area (Å²) in [7, 11) is 0. The summed E-state index contributed by atoms with van der Waals surface area (Å²) in [6, 6.07) is 3.67. The van der Waals surface area contributed by atoms with Gasteiger partial charge in [-0.1, -0.05) is 0 Å². The zero-order valence-electron chi connectivity index (χ0n) is 9.21. The van der Waals surface area contributed by atoms with Crippen LogP contribution in [-0.4, -0.2) is 21.0 Å². The Morgan fingerprint density at radius 3 is 2.94 bits per heavy atom. The minimum Gasteiger partial charge on any atom is -0.478 e. The number of rotatable bonds is 2. The number of carboxylic acids is 1. The van der Waals surface area contributed by atoms with Crippen molar-refractivity contribution >= 4 is 28.8 Å². The maximum absolute atomic E-state index is 10.4. The van der Waals surface area contributed by atoms with Crippen molar-refractivity contribution in [1.82, 2.24) is 9.97 Å². The lowest BCUT2D eigenvalue weighted by Gasteiger charge is -2.03. The zero-order chi connectivity index (χ0) is 12.4. The molecule has 0 aliphatic carbocycles. The average Bonchev–Trinajstić information content (AvgIpc) is 2.26. The first-order valence-corrected chi connectivity index (χ1v) is 5.00. The number of aliphatic carboxylic acids is 1. The van der Waals surface area contributed by atoms with E-state index in [4.69, 9.17) is 10.8 Å². The molecule has 0 bridgehead atoms. The Balaban J connectivity index is 2.57. The Labute approximate surface area is 97.6 Å². The molecule has 0 aliphatic rings. The van der Waals surface area contributed by atoms with Gasteiger partial charge in [-0.15, -0.1) is 0 Å². The van der Waals surface area contributed by atoms with Gasteiger partial charge in [-0.05, 0) is 25.1 Å². The fourth-order valence-corrected chi connectivity index (χ4v) is 1.51. The van der Waals surface area contributed by atoms with E-state index in [2.05, 4.69) is 9.97 Å². The van der Waals surface area contributed by atoms with Gasteiger partial charge < -0.3 is 10.8 Å². The van der Waals surface area contributed by atoms with Crippen molar-refractivity contribution in [3.05, 3.63) is 35.7 Å². The molecule has 0 saturated heterocycles. The number of pyridine rings is 2. The monoisotopic (exact) mass is 229 g/mol. The summed E-state index contributed by atoms with van der Waals surface area (Å²) >= 11 is 0. The van der Waals surface area contributed by atoms with Crippen LogP contribution in [0.3, 0.4) is 0 Å². The molecule has 17 heavy (non-hydrogen) atoms. The summed E-state index contributed by atoms with van der Waals surface area (Å²) in [6.07, 6.45) is 4.11. The summed E-state index contributed by atoms with van der Waals surface area (Å²) < 4.78 is 0. The molecule has 2 heterocycles. The molecule has 3 N–H and O–H groups in total. The van der Waals surface area contributed by atoms with Crippen molar-refractivity contribution in [1.29, 1.82) is 0 Å². The first-order chi connectivity index (χ1) is 8.06. The molecule has 86 valence electrons. The molecule has 0 fully saturated rings. The minimum atomic E-state index is -1.02. The number of anilines is 1. The van der Waals surface area contributed by atoms with Crippen LogP contribution in [-0.2, 0) is 4.79 Å². The quantitative estimate of drug-likeness (QED) is 0.764. The van der Waals surface area contributed by atoms with E-state index in [1.165, 1.54) is 6.08 Å². The fraction of sp³-hybridized carbons (Fsp3) is 0.0833. The van der Waals surface area contributed by atoms with E-state index < -0.39 is 5.97 Å². The lowest BCUT2D eigenvalue weighted by molar-refractivity contribution is -0.131. The third-order valence-corrected chi connectivity index (χ3v) is 2.30. The molecule has 0 amide bonds. The predicted molar refractivity (Wildman–Crippen MR) is 65.4 cm³/mol. The van der Waals surface area contributed by atoms with Gasteiger partial charge in [0, 0.05) is 22.7 Å². The molecule has 2 rings (SSSR count). The van der Waals surface area contributed by atoms with Crippen molar-refractivity contribution in [3.63, 3.8) is 0 Å². The van der Waals surface area contributed by atoms with Crippen LogP contribution in [0.5, 0.6) is 0 Å².